The van der Waals surface area contributed by atoms with Gasteiger partial charge in [0.1, 0.15) is 5.75 Å². The van der Waals surface area contributed by atoms with Gasteiger partial charge >= 0.3 is 0 Å². The third-order valence-electron chi connectivity index (χ3n) is 3.07. The van der Waals surface area contributed by atoms with Crippen molar-refractivity contribution in [3.8, 4) is 16.9 Å². The second kappa shape index (κ2) is 6.49. The van der Waals surface area contributed by atoms with Gasteiger partial charge in [0.25, 0.3) is 0 Å². The monoisotopic (exact) mass is 309 g/mol. The molecule has 0 aliphatic rings. The summed E-state index contributed by atoms with van der Waals surface area (Å²) in [6.45, 7) is 4.42. The summed E-state index contributed by atoms with van der Waals surface area (Å²) in [6.07, 6.45) is 0. The fourth-order valence-corrected chi connectivity index (χ4v) is 2.46. The lowest BCUT2D eigenvalue weighted by Crippen LogP contribution is -2.04. The molecule has 0 amide bonds. The van der Waals surface area contributed by atoms with Crippen molar-refractivity contribution in [3.63, 3.8) is 0 Å². The second-order valence-electron chi connectivity index (χ2n) is 4.61. The van der Waals surface area contributed by atoms with Crippen molar-refractivity contribution in [1.82, 2.24) is 0 Å². The van der Waals surface area contributed by atoms with Crippen molar-refractivity contribution in [3.05, 3.63) is 52.0 Å². The van der Waals surface area contributed by atoms with Crippen molar-refractivity contribution in [1.29, 1.82) is 0 Å². The molecule has 1 atom stereocenters. The largest absolute Gasteiger partial charge is 0.492 e. The summed E-state index contributed by atoms with van der Waals surface area (Å²) in [7, 11) is 0. The molecule has 0 saturated heterocycles. The highest BCUT2D eigenvalue weighted by atomic mass is 35.5. The Balaban J connectivity index is 2.39. The topological polar surface area (TPSA) is 35.2 Å². The Morgan fingerprint density at radius 2 is 1.75 bits per heavy atom. The first kappa shape index (κ1) is 15.2. The first-order valence-corrected chi connectivity index (χ1v) is 7.26. The van der Waals surface area contributed by atoms with E-state index >= 15 is 0 Å². The molecule has 4 heteroatoms. The Morgan fingerprint density at radius 1 is 1.10 bits per heavy atom. The molecular weight excluding hydrogens is 293 g/mol. The second-order valence-corrected chi connectivity index (χ2v) is 5.42. The van der Waals surface area contributed by atoms with Crippen LogP contribution in [0.5, 0.6) is 5.75 Å². The quantitative estimate of drug-likeness (QED) is 0.855. The number of benzene rings is 2. The summed E-state index contributed by atoms with van der Waals surface area (Å²) in [5.74, 6) is 0.607. The van der Waals surface area contributed by atoms with Gasteiger partial charge in [-0.15, -0.1) is 0 Å². The number of rotatable bonds is 4. The minimum Gasteiger partial charge on any atom is -0.492 e. The van der Waals surface area contributed by atoms with Gasteiger partial charge < -0.3 is 10.5 Å². The maximum Gasteiger partial charge on any atom is 0.139 e. The summed E-state index contributed by atoms with van der Waals surface area (Å²) in [5, 5.41) is 1.17. The Labute approximate surface area is 129 Å². The van der Waals surface area contributed by atoms with E-state index in [-0.39, 0.29) is 6.04 Å². The minimum absolute atomic E-state index is 0.0171. The third-order valence-corrected chi connectivity index (χ3v) is 3.68. The van der Waals surface area contributed by atoms with E-state index < -0.39 is 0 Å². The fraction of sp³-hybridized carbons (Fsp3) is 0.250. The molecule has 1 unspecified atom stereocenters. The van der Waals surface area contributed by atoms with Crippen molar-refractivity contribution in [2.45, 2.75) is 19.9 Å². The van der Waals surface area contributed by atoms with E-state index in [1.165, 1.54) is 0 Å². The van der Waals surface area contributed by atoms with Crippen LogP contribution in [0.3, 0.4) is 0 Å². The molecule has 2 N–H and O–H groups in total. The number of nitrogens with two attached hydrogens (primary N) is 1. The first-order valence-electron chi connectivity index (χ1n) is 6.50. The van der Waals surface area contributed by atoms with E-state index in [0.717, 1.165) is 16.7 Å². The molecule has 2 nitrogen and oxygen atoms in total. The van der Waals surface area contributed by atoms with E-state index in [4.69, 9.17) is 33.7 Å². The highest BCUT2D eigenvalue weighted by Gasteiger charge is 2.10. The van der Waals surface area contributed by atoms with Crippen molar-refractivity contribution >= 4 is 23.2 Å². The molecular formula is C16H17Cl2NO. The van der Waals surface area contributed by atoms with Crippen LogP contribution in [0.4, 0.5) is 0 Å². The molecule has 2 aromatic rings. The number of ether oxygens (including phenoxy) is 1. The summed E-state index contributed by atoms with van der Waals surface area (Å²) in [5.41, 5.74) is 8.82. The van der Waals surface area contributed by atoms with Gasteiger partial charge in [-0.2, -0.15) is 0 Å². The van der Waals surface area contributed by atoms with Crippen LogP contribution >= 0.6 is 23.2 Å². The SMILES string of the molecule is CCOc1cc(Cl)c(-c2ccc(C(C)N)cc2)cc1Cl. The maximum atomic E-state index is 6.31. The Bertz CT molecular complexity index is 594. The van der Waals surface area contributed by atoms with Crippen molar-refractivity contribution < 1.29 is 4.74 Å². The Kier molecular flexibility index (Phi) is 4.92. The highest BCUT2D eigenvalue weighted by Crippen LogP contribution is 2.37. The summed E-state index contributed by atoms with van der Waals surface area (Å²) in [6, 6.07) is 11.6. The van der Waals surface area contributed by atoms with E-state index in [9.17, 15) is 0 Å². The number of hydrogen-bond donors (Lipinski definition) is 1. The molecule has 0 bridgehead atoms. The molecule has 0 saturated carbocycles. The zero-order valence-electron chi connectivity index (χ0n) is 11.5. The third kappa shape index (κ3) is 3.26. The predicted molar refractivity (Wildman–Crippen MR) is 85.7 cm³/mol. The lowest BCUT2D eigenvalue weighted by molar-refractivity contribution is 0.340. The van der Waals surface area contributed by atoms with E-state index in [1.807, 2.05) is 44.2 Å². The van der Waals surface area contributed by atoms with Crippen LogP contribution in [-0.2, 0) is 0 Å². The summed E-state index contributed by atoms with van der Waals surface area (Å²) >= 11 is 12.5. The lowest BCUT2D eigenvalue weighted by atomic mass is 10.0. The molecule has 20 heavy (non-hydrogen) atoms. The van der Waals surface area contributed by atoms with Crippen LogP contribution in [0.25, 0.3) is 11.1 Å². The minimum atomic E-state index is 0.0171. The smallest absolute Gasteiger partial charge is 0.139 e. The average molecular weight is 310 g/mol. The van der Waals surface area contributed by atoms with E-state index in [0.29, 0.717) is 22.4 Å². The van der Waals surface area contributed by atoms with Crippen molar-refractivity contribution in [2.75, 3.05) is 6.61 Å². The molecule has 2 rings (SSSR count). The summed E-state index contributed by atoms with van der Waals surface area (Å²) < 4.78 is 5.43. The van der Waals surface area contributed by atoms with Gasteiger partial charge in [-0.1, -0.05) is 47.5 Å². The van der Waals surface area contributed by atoms with Gasteiger partial charge in [-0.25, -0.2) is 0 Å². The lowest BCUT2D eigenvalue weighted by Gasteiger charge is -2.11. The van der Waals surface area contributed by atoms with Crippen LogP contribution < -0.4 is 10.5 Å². The van der Waals surface area contributed by atoms with Gasteiger partial charge in [0.05, 0.1) is 16.7 Å². The van der Waals surface area contributed by atoms with Crippen LogP contribution in [0.2, 0.25) is 10.0 Å². The molecule has 0 spiro atoms. The number of hydrogen-bond acceptors (Lipinski definition) is 2. The first-order chi connectivity index (χ1) is 9.52. The van der Waals surface area contributed by atoms with Gasteiger partial charge in [0, 0.05) is 17.7 Å². The normalized spacial score (nSPS) is 12.2. The van der Waals surface area contributed by atoms with Gasteiger partial charge in [0.15, 0.2) is 0 Å². The zero-order valence-corrected chi connectivity index (χ0v) is 13.0. The maximum absolute atomic E-state index is 6.31. The van der Waals surface area contributed by atoms with Gasteiger partial charge in [-0.3, -0.25) is 0 Å². The standard InChI is InChI=1S/C16H17Cl2NO/c1-3-20-16-9-14(17)13(8-15(16)18)12-6-4-11(5-7-12)10(2)19/h4-10H,3,19H2,1-2H3. The van der Waals surface area contributed by atoms with Crippen LogP contribution in [-0.4, -0.2) is 6.61 Å². The van der Waals surface area contributed by atoms with Crippen molar-refractivity contribution in [2.24, 2.45) is 5.73 Å². The Morgan fingerprint density at radius 3 is 2.30 bits per heavy atom. The number of halogens is 2. The average Bonchev–Trinajstić information content (AvgIpc) is 2.43. The molecule has 106 valence electrons. The highest BCUT2D eigenvalue weighted by molar-refractivity contribution is 6.36. The zero-order chi connectivity index (χ0) is 14.7. The molecule has 0 aromatic heterocycles. The molecule has 0 aliphatic carbocycles. The van der Waals surface area contributed by atoms with Gasteiger partial charge in [0.2, 0.25) is 0 Å². The molecule has 0 aliphatic heterocycles. The van der Waals surface area contributed by atoms with E-state index in [1.54, 1.807) is 6.07 Å². The van der Waals surface area contributed by atoms with Crippen LogP contribution in [0, 0.1) is 0 Å². The predicted octanol–water partition coefficient (Wildman–Crippen LogP) is 5.08. The molecule has 0 radical (unpaired) electrons. The molecule has 2 aromatic carbocycles. The molecule has 0 fully saturated rings. The fourth-order valence-electron chi connectivity index (χ4n) is 1.98. The van der Waals surface area contributed by atoms with Crippen LogP contribution in [0.1, 0.15) is 25.5 Å². The van der Waals surface area contributed by atoms with Crippen LogP contribution in [0.15, 0.2) is 36.4 Å². The van der Waals surface area contributed by atoms with Gasteiger partial charge in [-0.05, 0) is 31.0 Å². The summed E-state index contributed by atoms with van der Waals surface area (Å²) in [4.78, 5) is 0. The Hall–Kier alpha value is -1.22. The van der Waals surface area contributed by atoms with E-state index in [2.05, 4.69) is 0 Å². The molecule has 0 heterocycles.